The fraction of sp³-hybridized carbons (Fsp3) is 0.440. The van der Waals surface area contributed by atoms with Crippen LogP contribution in [0.5, 0.6) is 0 Å². The molecule has 64 heavy (non-hydrogen) atoms. The molecule has 0 fully saturated rings. The standard InChI is InChI=1S/C50H63N3O7S3Si/c1-34(2)43(52-47(58)49(6)33-62-44(53-49)39-32-61-41(51-39)31-42(54)60-48(3,4)5)46(57)59-40(38(45(55)56)28-30-64(7,8)9)27-19-20-29-63-50(35-21-13-10-14-22-35,36-23-15-11-16-24-36)37-25-17-12-18-26-37/h10-19,21-27,32,34,38,40,43H,20,28-31,33H2,1-9H3,(H,52,58)(H,55,56)/b27-19+/t38?,40-,43+,49-/m0/s1. The summed E-state index contributed by atoms with van der Waals surface area (Å²) in [5.41, 5.74) is 2.19. The van der Waals surface area contributed by atoms with Gasteiger partial charge in [0, 0.05) is 19.2 Å². The molecule has 1 aliphatic heterocycles. The third kappa shape index (κ3) is 13.8. The first-order valence-electron chi connectivity index (χ1n) is 21.8. The molecule has 2 heterocycles. The molecule has 1 aromatic heterocycles. The van der Waals surface area contributed by atoms with E-state index in [0.717, 1.165) is 22.7 Å². The zero-order chi connectivity index (χ0) is 46.7. The molecule has 0 aliphatic carbocycles. The van der Waals surface area contributed by atoms with Gasteiger partial charge in [-0.25, -0.2) is 9.78 Å². The van der Waals surface area contributed by atoms with Crippen molar-refractivity contribution in [3.05, 3.63) is 136 Å². The molecule has 3 aromatic carbocycles. The van der Waals surface area contributed by atoms with Gasteiger partial charge in [-0.2, -0.15) is 0 Å². The van der Waals surface area contributed by atoms with Crippen molar-refractivity contribution in [1.29, 1.82) is 0 Å². The maximum atomic E-state index is 14.2. The van der Waals surface area contributed by atoms with Crippen molar-refractivity contribution >= 4 is 71.8 Å². The van der Waals surface area contributed by atoms with Gasteiger partial charge in [0.05, 0.1) is 17.1 Å². The lowest BCUT2D eigenvalue weighted by Crippen LogP contribution is -2.53. The highest BCUT2D eigenvalue weighted by Crippen LogP contribution is 2.48. The number of rotatable bonds is 21. The summed E-state index contributed by atoms with van der Waals surface area (Å²) < 4.78 is 11.1. The number of aliphatic carboxylic acids is 1. The molecule has 0 radical (unpaired) electrons. The Labute approximate surface area is 392 Å². The van der Waals surface area contributed by atoms with Crippen molar-refractivity contribution in [2.24, 2.45) is 16.8 Å². The summed E-state index contributed by atoms with van der Waals surface area (Å²) in [4.78, 5) is 62.9. The molecule has 0 bridgehead atoms. The number of esters is 2. The second-order valence-electron chi connectivity index (χ2n) is 18.9. The summed E-state index contributed by atoms with van der Waals surface area (Å²) in [6.45, 7) is 17.3. The van der Waals surface area contributed by atoms with Crippen LogP contribution in [0.15, 0.2) is 114 Å². The lowest BCUT2D eigenvalue weighted by molar-refractivity contribution is -0.159. The van der Waals surface area contributed by atoms with E-state index in [1.54, 1.807) is 24.8 Å². The number of carboxylic acid groups (broad SMARTS) is 1. The third-order valence-electron chi connectivity index (χ3n) is 10.7. The van der Waals surface area contributed by atoms with E-state index in [9.17, 15) is 24.3 Å². The largest absolute Gasteiger partial charge is 0.481 e. The maximum absolute atomic E-state index is 14.2. The van der Waals surface area contributed by atoms with E-state index >= 15 is 0 Å². The number of benzene rings is 3. The number of thiazole rings is 1. The molecule has 5 rings (SSSR count). The first-order valence-corrected chi connectivity index (χ1v) is 28.4. The molecule has 14 heteroatoms. The molecule has 0 saturated heterocycles. The molecule has 1 unspecified atom stereocenters. The van der Waals surface area contributed by atoms with E-state index in [1.165, 1.54) is 23.1 Å². The molecule has 1 amide bonds. The Morgan fingerprint density at radius 1 is 0.922 bits per heavy atom. The van der Waals surface area contributed by atoms with Gasteiger partial charge in [-0.05, 0) is 75.0 Å². The van der Waals surface area contributed by atoms with E-state index in [2.05, 4.69) is 103 Å². The van der Waals surface area contributed by atoms with Crippen molar-refractivity contribution in [2.45, 2.75) is 115 Å². The number of ether oxygens (including phenoxy) is 2. The van der Waals surface area contributed by atoms with Crippen molar-refractivity contribution in [2.75, 3.05) is 11.5 Å². The number of amides is 1. The van der Waals surface area contributed by atoms with Crippen LogP contribution in [-0.2, 0) is 39.8 Å². The van der Waals surface area contributed by atoms with Gasteiger partial charge in [0.2, 0.25) is 5.91 Å². The second-order valence-corrected chi connectivity index (χ2v) is 27.7. The Bertz CT molecular complexity index is 2160. The fourth-order valence-corrected chi connectivity index (χ4v) is 11.9. The smallest absolute Gasteiger partial charge is 0.329 e. The summed E-state index contributed by atoms with van der Waals surface area (Å²) in [6.07, 6.45) is 3.55. The van der Waals surface area contributed by atoms with Crippen LogP contribution in [0.3, 0.4) is 0 Å². The number of allylic oxidation sites excluding steroid dienone is 1. The number of carbonyl (C=O) groups is 4. The Kier molecular flexibility index (Phi) is 17.5. The highest BCUT2D eigenvalue weighted by atomic mass is 32.2. The van der Waals surface area contributed by atoms with Crippen LogP contribution in [0.25, 0.3) is 0 Å². The number of carbonyl (C=O) groups excluding carboxylic acids is 3. The van der Waals surface area contributed by atoms with Gasteiger partial charge in [0.15, 0.2) is 0 Å². The van der Waals surface area contributed by atoms with Crippen LogP contribution in [0.1, 0.15) is 81.8 Å². The molecule has 2 N–H and O–H groups in total. The van der Waals surface area contributed by atoms with Gasteiger partial charge in [-0.15, -0.1) is 34.9 Å². The van der Waals surface area contributed by atoms with Crippen LogP contribution in [0.4, 0.5) is 0 Å². The van der Waals surface area contributed by atoms with Gasteiger partial charge in [0.25, 0.3) is 0 Å². The van der Waals surface area contributed by atoms with Crippen LogP contribution in [0.2, 0.25) is 25.7 Å². The molecule has 1 aliphatic rings. The summed E-state index contributed by atoms with van der Waals surface area (Å²) in [6, 6.07) is 31.0. The van der Waals surface area contributed by atoms with Crippen LogP contribution in [-0.4, -0.2) is 81.8 Å². The summed E-state index contributed by atoms with van der Waals surface area (Å²) in [5, 5.41) is 16.5. The molecule has 0 saturated carbocycles. The van der Waals surface area contributed by atoms with E-state index in [1.807, 2.05) is 64.3 Å². The summed E-state index contributed by atoms with van der Waals surface area (Å²) in [7, 11) is -1.67. The zero-order valence-corrected chi connectivity index (χ0v) is 41.9. The summed E-state index contributed by atoms with van der Waals surface area (Å²) in [5.74, 6) is -2.93. The minimum absolute atomic E-state index is 0.0311. The number of carboxylic acids is 1. The SMILES string of the molecule is CC(C)[C@@H](NC(=O)[C@]1(C)CSC(c2csc(CC(=O)OC(C)(C)C)n2)=N1)C(=O)O[C@@H](/C=C/CCSC(c1ccccc1)(c1ccccc1)c1ccccc1)C(CC[Si](C)(C)C)C(=O)O. The predicted octanol–water partition coefficient (Wildman–Crippen LogP) is 10.4. The van der Waals surface area contributed by atoms with Crippen molar-refractivity contribution in [3.8, 4) is 0 Å². The molecule has 342 valence electrons. The quantitative estimate of drug-likeness (QED) is 0.0272. The lowest BCUT2D eigenvalue weighted by Gasteiger charge is -2.35. The van der Waals surface area contributed by atoms with Crippen molar-refractivity contribution in [3.63, 3.8) is 0 Å². The van der Waals surface area contributed by atoms with E-state index in [0.29, 0.717) is 40.1 Å². The van der Waals surface area contributed by atoms with Gasteiger partial charge in [0.1, 0.15) is 39.0 Å². The molecule has 4 atom stereocenters. The Balaban J connectivity index is 1.34. The molecule has 0 spiro atoms. The average molecular weight is 942 g/mol. The number of nitrogens with zero attached hydrogens (tertiary/aromatic N) is 2. The number of aromatic nitrogens is 1. The highest BCUT2D eigenvalue weighted by Gasteiger charge is 2.43. The van der Waals surface area contributed by atoms with Gasteiger partial charge < -0.3 is 19.9 Å². The number of nitrogens with one attached hydrogen (secondary N) is 1. The summed E-state index contributed by atoms with van der Waals surface area (Å²) >= 11 is 4.51. The maximum Gasteiger partial charge on any atom is 0.329 e. The first kappa shape index (κ1) is 50.5. The Morgan fingerprint density at radius 2 is 1.48 bits per heavy atom. The van der Waals surface area contributed by atoms with E-state index < -0.39 is 59.9 Å². The molecule has 10 nitrogen and oxygen atoms in total. The lowest BCUT2D eigenvalue weighted by atomic mass is 9.84. The molecule has 4 aromatic rings. The van der Waals surface area contributed by atoms with Crippen LogP contribution in [0, 0.1) is 11.8 Å². The number of hydrogen-bond donors (Lipinski definition) is 2. The van der Waals surface area contributed by atoms with Crippen molar-refractivity contribution in [1.82, 2.24) is 10.3 Å². The second kappa shape index (κ2) is 22.1. The van der Waals surface area contributed by atoms with E-state index in [-0.39, 0.29) is 18.3 Å². The van der Waals surface area contributed by atoms with Gasteiger partial charge in [-0.3, -0.25) is 19.4 Å². The minimum Gasteiger partial charge on any atom is -0.481 e. The molecular weight excluding hydrogens is 879 g/mol. The van der Waals surface area contributed by atoms with Gasteiger partial charge >= 0.3 is 17.9 Å². The van der Waals surface area contributed by atoms with Crippen LogP contribution >= 0.6 is 34.9 Å². The third-order valence-corrected chi connectivity index (χ3v) is 16.2. The average Bonchev–Trinajstić information content (AvgIpc) is 3.87. The first-order chi connectivity index (χ1) is 30.2. The zero-order valence-electron chi connectivity index (χ0n) is 38.5. The van der Waals surface area contributed by atoms with Crippen molar-refractivity contribution < 1.29 is 33.8 Å². The topological polar surface area (TPSA) is 144 Å². The Hall–Kier alpha value is -4.50. The fourth-order valence-electron chi connectivity index (χ4n) is 7.29. The number of hydrogen-bond acceptors (Lipinski definition) is 11. The minimum atomic E-state index is -1.67. The Morgan fingerprint density at radius 3 is 1.98 bits per heavy atom. The molecular formula is C50H63N3O7S3Si. The number of aliphatic imine (C=N–C) groups is 1. The number of thioether (sulfide) groups is 2. The monoisotopic (exact) mass is 941 g/mol. The normalized spacial score (nSPS) is 17.1. The van der Waals surface area contributed by atoms with Gasteiger partial charge in [-0.1, -0.05) is 137 Å². The van der Waals surface area contributed by atoms with E-state index in [4.69, 9.17) is 14.5 Å². The highest BCUT2D eigenvalue weighted by molar-refractivity contribution is 8.14. The predicted molar refractivity (Wildman–Crippen MR) is 265 cm³/mol. The van der Waals surface area contributed by atoms with Crippen LogP contribution < -0.4 is 5.32 Å².